The van der Waals surface area contributed by atoms with Crippen molar-refractivity contribution in [3.05, 3.63) is 30.1 Å². The number of rotatable bonds is 4. The van der Waals surface area contributed by atoms with Gasteiger partial charge in [0.1, 0.15) is 5.82 Å². The van der Waals surface area contributed by atoms with Crippen LogP contribution in [-0.4, -0.2) is 17.9 Å². The zero-order chi connectivity index (χ0) is 12.1. The maximum Gasteiger partial charge on any atom is 0.234 e. The van der Waals surface area contributed by atoms with Crippen LogP contribution in [0.25, 0.3) is 0 Å². The van der Waals surface area contributed by atoms with Crippen molar-refractivity contribution in [3.63, 3.8) is 0 Å². The smallest absolute Gasteiger partial charge is 0.234 e. The van der Waals surface area contributed by atoms with Crippen LogP contribution in [0.2, 0.25) is 0 Å². The van der Waals surface area contributed by atoms with E-state index in [-0.39, 0.29) is 6.42 Å². The second kappa shape index (κ2) is 5.22. The molecule has 0 aliphatic carbocycles. The third kappa shape index (κ3) is 3.66. The fourth-order valence-electron chi connectivity index (χ4n) is 1.05. The van der Waals surface area contributed by atoms with Gasteiger partial charge in [-0.05, 0) is 24.3 Å². The van der Waals surface area contributed by atoms with Crippen LogP contribution in [0.4, 0.5) is 10.1 Å². The highest BCUT2D eigenvalue weighted by Gasteiger charge is 2.14. The van der Waals surface area contributed by atoms with Crippen LogP contribution in [-0.2, 0) is 9.59 Å². The number of primary amides is 1. The van der Waals surface area contributed by atoms with Gasteiger partial charge in [0.25, 0.3) is 0 Å². The number of hydrogen-bond acceptors (Lipinski definition) is 3. The second-order valence-electron chi connectivity index (χ2n) is 3.27. The lowest BCUT2D eigenvalue weighted by molar-refractivity contribution is -0.123. The Bertz CT molecular complexity index is 392. The molecule has 86 valence electrons. The molecule has 0 radical (unpaired) electrons. The molecule has 0 fully saturated rings. The molecule has 0 bridgehead atoms. The number of benzene rings is 1. The molecular weight excluding hydrogens is 213 g/mol. The van der Waals surface area contributed by atoms with E-state index in [1.807, 2.05) is 0 Å². The minimum absolute atomic E-state index is 0.202. The van der Waals surface area contributed by atoms with E-state index in [2.05, 4.69) is 5.32 Å². The van der Waals surface area contributed by atoms with Crippen molar-refractivity contribution in [1.82, 2.24) is 0 Å². The number of carbonyl (C=O) groups excluding carboxylic acids is 2. The standard InChI is InChI=1S/C10H12FN3O2/c11-6-1-3-7(4-2-6)14-9(15)5-8(12)10(13)16/h1-4,8H,5,12H2,(H2,13,16)(H,14,15). The van der Waals surface area contributed by atoms with Gasteiger partial charge in [0.2, 0.25) is 11.8 Å². The number of amides is 2. The van der Waals surface area contributed by atoms with Crippen molar-refractivity contribution in [2.45, 2.75) is 12.5 Å². The summed E-state index contributed by atoms with van der Waals surface area (Å²) in [5.74, 6) is -1.58. The van der Waals surface area contributed by atoms with Gasteiger partial charge >= 0.3 is 0 Å². The van der Waals surface area contributed by atoms with E-state index in [1.165, 1.54) is 24.3 Å². The molecule has 5 N–H and O–H groups in total. The largest absolute Gasteiger partial charge is 0.368 e. The van der Waals surface area contributed by atoms with Crippen LogP contribution in [0.15, 0.2) is 24.3 Å². The van der Waals surface area contributed by atoms with Crippen LogP contribution in [0.1, 0.15) is 6.42 Å². The minimum atomic E-state index is -1.01. The third-order valence-corrected chi connectivity index (χ3v) is 1.90. The lowest BCUT2D eigenvalue weighted by atomic mass is 10.2. The van der Waals surface area contributed by atoms with Crippen LogP contribution in [0, 0.1) is 5.82 Å². The zero-order valence-corrected chi connectivity index (χ0v) is 8.44. The molecule has 0 aromatic heterocycles. The van der Waals surface area contributed by atoms with Gasteiger partial charge in [-0.15, -0.1) is 0 Å². The number of nitrogens with one attached hydrogen (secondary N) is 1. The quantitative estimate of drug-likeness (QED) is 0.670. The molecule has 0 spiro atoms. The van der Waals surface area contributed by atoms with E-state index in [9.17, 15) is 14.0 Å². The maximum absolute atomic E-state index is 12.5. The van der Waals surface area contributed by atoms with Crippen molar-refractivity contribution in [2.24, 2.45) is 11.5 Å². The zero-order valence-electron chi connectivity index (χ0n) is 8.44. The second-order valence-corrected chi connectivity index (χ2v) is 3.27. The highest BCUT2D eigenvalue weighted by Crippen LogP contribution is 2.08. The molecule has 5 nitrogen and oxygen atoms in total. The Hall–Kier alpha value is -1.95. The van der Waals surface area contributed by atoms with E-state index < -0.39 is 23.7 Å². The van der Waals surface area contributed by atoms with Gasteiger partial charge < -0.3 is 16.8 Å². The highest BCUT2D eigenvalue weighted by atomic mass is 19.1. The van der Waals surface area contributed by atoms with Crippen molar-refractivity contribution in [2.75, 3.05) is 5.32 Å². The van der Waals surface area contributed by atoms with Gasteiger partial charge in [-0.25, -0.2) is 4.39 Å². The SMILES string of the molecule is NC(=O)C(N)CC(=O)Nc1ccc(F)cc1. The number of halogens is 1. The molecule has 0 saturated heterocycles. The average molecular weight is 225 g/mol. The number of carbonyl (C=O) groups is 2. The minimum Gasteiger partial charge on any atom is -0.368 e. The Morgan fingerprint density at radius 2 is 1.88 bits per heavy atom. The van der Waals surface area contributed by atoms with Crippen LogP contribution in [0.5, 0.6) is 0 Å². The molecule has 0 aliphatic heterocycles. The van der Waals surface area contributed by atoms with Gasteiger partial charge in [0.05, 0.1) is 12.5 Å². The van der Waals surface area contributed by atoms with Crippen molar-refractivity contribution in [3.8, 4) is 0 Å². The van der Waals surface area contributed by atoms with Gasteiger partial charge in [-0.3, -0.25) is 9.59 Å². The molecule has 1 aromatic rings. The summed E-state index contributed by atoms with van der Waals surface area (Å²) in [6.45, 7) is 0. The summed E-state index contributed by atoms with van der Waals surface area (Å²) < 4.78 is 12.5. The molecule has 1 unspecified atom stereocenters. The van der Waals surface area contributed by atoms with Gasteiger partial charge in [0.15, 0.2) is 0 Å². The maximum atomic E-state index is 12.5. The van der Waals surface area contributed by atoms with Crippen molar-refractivity contribution in [1.29, 1.82) is 0 Å². The Balaban J connectivity index is 2.52. The topological polar surface area (TPSA) is 98.2 Å². The number of anilines is 1. The predicted octanol–water partition coefficient (Wildman–Crippen LogP) is -0.0331. The molecule has 0 heterocycles. The van der Waals surface area contributed by atoms with Gasteiger partial charge in [-0.2, -0.15) is 0 Å². The molecule has 0 aliphatic rings. The molecule has 2 amide bonds. The van der Waals surface area contributed by atoms with Gasteiger partial charge in [0, 0.05) is 5.69 Å². The van der Waals surface area contributed by atoms with Crippen molar-refractivity contribution < 1.29 is 14.0 Å². The summed E-state index contributed by atoms with van der Waals surface area (Å²) in [7, 11) is 0. The molecule has 0 saturated carbocycles. The monoisotopic (exact) mass is 225 g/mol. The highest BCUT2D eigenvalue weighted by molar-refractivity contribution is 5.94. The molecule has 6 heteroatoms. The summed E-state index contributed by atoms with van der Waals surface area (Å²) in [5, 5.41) is 2.46. The Labute approximate surface area is 91.6 Å². The first-order valence-corrected chi connectivity index (χ1v) is 4.59. The Morgan fingerprint density at radius 3 is 2.38 bits per heavy atom. The van der Waals surface area contributed by atoms with Gasteiger partial charge in [-0.1, -0.05) is 0 Å². The summed E-state index contributed by atoms with van der Waals surface area (Å²) in [6.07, 6.45) is -0.202. The van der Waals surface area contributed by atoms with Crippen LogP contribution in [0.3, 0.4) is 0 Å². The molecular formula is C10H12FN3O2. The fourth-order valence-corrected chi connectivity index (χ4v) is 1.05. The average Bonchev–Trinajstić information content (AvgIpc) is 2.21. The molecule has 1 atom stereocenters. The van der Waals surface area contributed by atoms with Crippen LogP contribution >= 0.6 is 0 Å². The summed E-state index contributed by atoms with van der Waals surface area (Å²) >= 11 is 0. The third-order valence-electron chi connectivity index (χ3n) is 1.90. The molecule has 1 rings (SSSR count). The predicted molar refractivity (Wildman–Crippen MR) is 56.8 cm³/mol. The summed E-state index contributed by atoms with van der Waals surface area (Å²) in [6, 6.07) is 4.22. The lowest BCUT2D eigenvalue weighted by Crippen LogP contribution is -2.39. The number of hydrogen-bond donors (Lipinski definition) is 3. The van der Waals surface area contributed by atoms with E-state index >= 15 is 0 Å². The first kappa shape index (κ1) is 12.1. The first-order chi connectivity index (χ1) is 7.49. The lowest BCUT2D eigenvalue weighted by Gasteiger charge is -2.08. The molecule has 1 aromatic carbocycles. The number of nitrogens with two attached hydrogens (primary N) is 2. The first-order valence-electron chi connectivity index (χ1n) is 4.59. The van der Waals surface area contributed by atoms with E-state index in [4.69, 9.17) is 11.5 Å². The van der Waals surface area contributed by atoms with E-state index in [0.29, 0.717) is 5.69 Å². The normalized spacial score (nSPS) is 11.9. The fraction of sp³-hybridized carbons (Fsp3) is 0.200. The van der Waals surface area contributed by atoms with E-state index in [1.54, 1.807) is 0 Å². The van der Waals surface area contributed by atoms with Crippen molar-refractivity contribution >= 4 is 17.5 Å². The Morgan fingerprint density at radius 1 is 1.31 bits per heavy atom. The molecule has 16 heavy (non-hydrogen) atoms. The summed E-state index contributed by atoms with van der Waals surface area (Å²) in [4.78, 5) is 21.9. The Kier molecular flexibility index (Phi) is 3.96. The summed E-state index contributed by atoms with van der Waals surface area (Å²) in [5.41, 5.74) is 10.6. The van der Waals surface area contributed by atoms with E-state index in [0.717, 1.165) is 0 Å². The van der Waals surface area contributed by atoms with Crippen LogP contribution < -0.4 is 16.8 Å².